The van der Waals surface area contributed by atoms with Gasteiger partial charge in [-0.2, -0.15) is 26.3 Å². The van der Waals surface area contributed by atoms with Crippen molar-refractivity contribution in [3.05, 3.63) is 82.9 Å². The molecule has 198 valence electrons. The molecule has 3 rings (SSSR count). The summed E-state index contributed by atoms with van der Waals surface area (Å²) in [7, 11) is 0. The fourth-order valence-electron chi connectivity index (χ4n) is 3.74. The smallest absolute Gasteiger partial charge is 0.416 e. The van der Waals surface area contributed by atoms with E-state index in [1.807, 2.05) is 0 Å². The van der Waals surface area contributed by atoms with Gasteiger partial charge in [0.25, 0.3) is 0 Å². The molecule has 0 aromatic heterocycles. The van der Waals surface area contributed by atoms with Crippen LogP contribution >= 0.6 is 0 Å². The van der Waals surface area contributed by atoms with Crippen LogP contribution in [0.5, 0.6) is 11.5 Å². The zero-order valence-electron chi connectivity index (χ0n) is 19.3. The first-order chi connectivity index (χ1) is 17.0. The molecule has 1 unspecified atom stereocenters. The van der Waals surface area contributed by atoms with Crippen molar-refractivity contribution in [2.75, 3.05) is 0 Å². The van der Waals surface area contributed by atoms with Crippen molar-refractivity contribution in [1.82, 2.24) is 0 Å². The van der Waals surface area contributed by atoms with Gasteiger partial charge in [0.1, 0.15) is 23.1 Å². The molecule has 0 heterocycles. The van der Waals surface area contributed by atoms with Crippen LogP contribution in [0.15, 0.2) is 54.6 Å². The molecule has 0 radical (unpaired) electrons. The molecule has 3 aromatic carbocycles. The summed E-state index contributed by atoms with van der Waals surface area (Å²) >= 11 is 0. The average Bonchev–Trinajstić information content (AvgIpc) is 2.75. The first-order valence-corrected chi connectivity index (χ1v) is 10.8. The van der Waals surface area contributed by atoms with Gasteiger partial charge in [0.15, 0.2) is 0 Å². The van der Waals surface area contributed by atoms with E-state index >= 15 is 0 Å². The third kappa shape index (κ3) is 7.21. The molecule has 1 atom stereocenters. The summed E-state index contributed by atoms with van der Waals surface area (Å²) in [5.74, 6) is -5.90. The van der Waals surface area contributed by atoms with E-state index in [2.05, 4.69) is 0 Å². The van der Waals surface area contributed by atoms with E-state index in [0.29, 0.717) is 18.2 Å². The lowest BCUT2D eigenvalue weighted by Crippen LogP contribution is -2.14. The predicted molar refractivity (Wildman–Crippen MR) is 118 cm³/mol. The number of halogens is 8. The Morgan fingerprint density at radius 3 is 1.81 bits per heavy atom. The van der Waals surface area contributed by atoms with Crippen molar-refractivity contribution in [2.45, 2.75) is 38.5 Å². The number of carboxylic acid groups (broad SMARTS) is 1. The Hall–Kier alpha value is -3.63. The molecule has 0 aliphatic heterocycles. The predicted octanol–water partition coefficient (Wildman–Crippen LogP) is 8.68. The Balaban J connectivity index is 2.19. The number of alkyl halides is 6. The van der Waals surface area contributed by atoms with E-state index in [1.165, 1.54) is 12.1 Å². The van der Waals surface area contributed by atoms with Crippen LogP contribution in [-0.4, -0.2) is 11.1 Å². The van der Waals surface area contributed by atoms with Gasteiger partial charge in [-0.25, -0.2) is 8.78 Å². The maximum Gasteiger partial charge on any atom is 0.416 e. The van der Waals surface area contributed by atoms with Crippen molar-refractivity contribution < 1.29 is 49.8 Å². The average molecular weight is 532 g/mol. The molecule has 1 N–H and O–H groups in total. The second-order valence-electron chi connectivity index (χ2n) is 8.81. The van der Waals surface area contributed by atoms with Crippen molar-refractivity contribution in [1.29, 1.82) is 0 Å². The molecule has 37 heavy (non-hydrogen) atoms. The van der Waals surface area contributed by atoms with Crippen molar-refractivity contribution in [3.8, 4) is 22.6 Å². The summed E-state index contributed by atoms with van der Waals surface area (Å²) in [4.78, 5) is 12.0. The van der Waals surface area contributed by atoms with Crippen LogP contribution in [0.4, 0.5) is 35.1 Å². The third-order valence-electron chi connectivity index (χ3n) is 5.33. The third-order valence-corrected chi connectivity index (χ3v) is 5.33. The Bertz CT molecular complexity index is 1300. The number of ether oxygens (including phenoxy) is 1. The summed E-state index contributed by atoms with van der Waals surface area (Å²) in [6.07, 6.45) is -9.67. The van der Waals surface area contributed by atoms with Gasteiger partial charge in [-0.05, 0) is 71.5 Å². The van der Waals surface area contributed by atoms with E-state index in [4.69, 9.17) is 4.74 Å². The molecule has 0 saturated carbocycles. The molecule has 0 saturated heterocycles. The number of aliphatic carboxylic acids is 1. The number of carbonyl (C=O) groups is 1. The quantitative estimate of drug-likeness (QED) is 0.310. The highest BCUT2D eigenvalue weighted by atomic mass is 19.4. The van der Waals surface area contributed by atoms with Crippen LogP contribution in [-0.2, 0) is 17.1 Å². The van der Waals surface area contributed by atoms with Gasteiger partial charge in [0, 0.05) is 6.07 Å². The summed E-state index contributed by atoms with van der Waals surface area (Å²) in [6, 6.07) is 6.69. The highest BCUT2D eigenvalue weighted by Gasteiger charge is 2.33. The molecule has 11 heteroatoms. The SMILES string of the molecule is CC(C)CC(C(=O)O)c1cc(Oc2cc(F)cc(C(F)(F)F)c2)cc(-c2cc(F)cc(C(F)(F)F)c2)c1. The molecule has 0 amide bonds. The van der Waals surface area contributed by atoms with Gasteiger partial charge in [0.05, 0.1) is 17.0 Å². The van der Waals surface area contributed by atoms with Gasteiger partial charge in [-0.1, -0.05) is 19.9 Å². The lowest BCUT2D eigenvalue weighted by molar-refractivity contribution is -0.139. The lowest BCUT2D eigenvalue weighted by Gasteiger charge is -2.19. The fraction of sp³-hybridized carbons (Fsp3) is 0.269. The summed E-state index contributed by atoms with van der Waals surface area (Å²) in [5, 5.41) is 9.75. The number of hydrogen-bond donors (Lipinski definition) is 1. The number of carboxylic acids is 1. The van der Waals surface area contributed by atoms with Gasteiger partial charge in [0.2, 0.25) is 0 Å². The first kappa shape index (κ1) is 27.9. The molecule has 0 bridgehead atoms. The molecular weight excluding hydrogens is 512 g/mol. The molecule has 0 fully saturated rings. The topological polar surface area (TPSA) is 46.5 Å². The largest absolute Gasteiger partial charge is 0.481 e. The van der Waals surface area contributed by atoms with E-state index in [1.54, 1.807) is 13.8 Å². The minimum absolute atomic E-state index is 0.0546. The maximum absolute atomic E-state index is 14.1. The lowest BCUT2D eigenvalue weighted by atomic mass is 9.88. The Morgan fingerprint density at radius 1 is 0.757 bits per heavy atom. The number of benzene rings is 3. The second-order valence-corrected chi connectivity index (χ2v) is 8.81. The Labute approximate surface area is 206 Å². The van der Waals surface area contributed by atoms with Crippen LogP contribution in [0.1, 0.15) is 42.9 Å². The van der Waals surface area contributed by atoms with Gasteiger partial charge in [-0.3, -0.25) is 4.79 Å². The monoisotopic (exact) mass is 532 g/mol. The Morgan fingerprint density at radius 2 is 1.27 bits per heavy atom. The van der Waals surface area contributed by atoms with Gasteiger partial charge in [-0.15, -0.1) is 0 Å². The molecule has 3 aromatic rings. The minimum Gasteiger partial charge on any atom is -0.481 e. The van der Waals surface area contributed by atoms with E-state index in [9.17, 15) is 45.0 Å². The van der Waals surface area contributed by atoms with Gasteiger partial charge >= 0.3 is 18.3 Å². The maximum atomic E-state index is 14.1. The zero-order chi connectivity index (χ0) is 27.7. The number of rotatable bonds is 7. The summed E-state index contributed by atoms with van der Waals surface area (Å²) in [6.45, 7) is 3.48. The first-order valence-electron chi connectivity index (χ1n) is 10.8. The van der Waals surface area contributed by atoms with Crippen LogP contribution < -0.4 is 4.74 Å². The standard InChI is InChI=1S/C26H20F8O3/c1-13(2)3-23(24(35)36)16-4-14(15-5-17(25(29,30)31)9-19(27)6-15)7-21(8-16)37-22-11-18(26(32,33)34)10-20(28)12-22/h4-13,23H,3H2,1-2H3,(H,35,36). The molecule has 0 aliphatic rings. The Kier molecular flexibility index (Phi) is 7.85. The van der Waals surface area contributed by atoms with E-state index in [0.717, 1.165) is 12.1 Å². The highest BCUT2D eigenvalue weighted by Crippen LogP contribution is 2.39. The van der Waals surface area contributed by atoms with Crippen molar-refractivity contribution in [3.63, 3.8) is 0 Å². The van der Waals surface area contributed by atoms with Crippen LogP contribution in [0.25, 0.3) is 11.1 Å². The van der Waals surface area contributed by atoms with Crippen molar-refractivity contribution in [2.24, 2.45) is 5.92 Å². The molecule has 0 aliphatic carbocycles. The second kappa shape index (κ2) is 10.4. The highest BCUT2D eigenvalue weighted by molar-refractivity contribution is 5.78. The van der Waals surface area contributed by atoms with Crippen LogP contribution in [0.2, 0.25) is 0 Å². The molecule has 0 spiro atoms. The minimum atomic E-state index is -4.89. The van der Waals surface area contributed by atoms with Crippen LogP contribution in [0.3, 0.4) is 0 Å². The zero-order valence-corrected chi connectivity index (χ0v) is 19.3. The van der Waals surface area contributed by atoms with Crippen molar-refractivity contribution >= 4 is 5.97 Å². The van der Waals surface area contributed by atoms with Gasteiger partial charge < -0.3 is 9.84 Å². The summed E-state index contributed by atoms with van der Waals surface area (Å²) in [5.41, 5.74) is -2.95. The fourth-order valence-corrected chi connectivity index (χ4v) is 3.74. The molecule has 3 nitrogen and oxygen atoms in total. The molecular formula is C26H20F8O3. The van der Waals surface area contributed by atoms with E-state index in [-0.39, 0.29) is 46.9 Å². The van der Waals surface area contributed by atoms with E-state index < -0.39 is 52.8 Å². The number of hydrogen-bond acceptors (Lipinski definition) is 2. The summed E-state index contributed by atoms with van der Waals surface area (Å²) < 4.78 is 112. The van der Waals surface area contributed by atoms with Crippen LogP contribution in [0, 0.1) is 17.6 Å². The normalized spacial score (nSPS) is 13.1.